The number of anilines is 1. The highest BCUT2D eigenvalue weighted by molar-refractivity contribution is 9.10. The van der Waals surface area contributed by atoms with Gasteiger partial charge in [0.25, 0.3) is 0 Å². The van der Waals surface area contributed by atoms with Gasteiger partial charge in [-0.25, -0.2) is 0 Å². The van der Waals surface area contributed by atoms with Gasteiger partial charge in [0.05, 0.1) is 5.52 Å². The number of piperidine rings is 1. The first-order valence-electron chi connectivity index (χ1n) is 14.9. The zero-order valence-electron chi connectivity index (χ0n) is 23.9. The Morgan fingerprint density at radius 3 is 2.56 bits per heavy atom. The van der Waals surface area contributed by atoms with Gasteiger partial charge in [0.15, 0.2) is 0 Å². The first-order chi connectivity index (χ1) is 20.0. The van der Waals surface area contributed by atoms with Crippen LogP contribution >= 0.6 is 15.9 Å². The van der Waals surface area contributed by atoms with Crippen molar-refractivity contribution in [1.29, 1.82) is 0 Å². The number of carbonyl (C=O) groups excluding carboxylic acids is 1. The number of H-pyrrole nitrogens is 1. The molecule has 210 valence electrons. The topological polar surface area (TPSA) is 48.1 Å². The molecular formula is C36H38BrN3O. The quantitative estimate of drug-likeness (QED) is 0.185. The molecule has 0 aliphatic carbocycles. The van der Waals surface area contributed by atoms with E-state index in [0.717, 1.165) is 55.5 Å². The average molecular weight is 609 g/mol. The van der Waals surface area contributed by atoms with Crippen molar-refractivity contribution >= 4 is 49.2 Å². The Bertz CT molecular complexity index is 1680. The fraction of sp³-hybridized carbons (Fsp3) is 0.306. The van der Waals surface area contributed by atoms with Crippen molar-refractivity contribution in [2.75, 3.05) is 25.0 Å². The molecule has 2 heterocycles. The number of aromatic amines is 1. The van der Waals surface area contributed by atoms with Gasteiger partial charge < -0.3 is 15.2 Å². The zero-order chi connectivity index (χ0) is 28.3. The van der Waals surface area contributed by atoms with E-state index in [9.17, 15) is 4.79 Å². The van der Waals surface area contributed by atoms with Crippen LogP contribution in [0.4, 0.5) is 5.69 Å². The van der Waals surface area contributed by atoms with Gasteiger partial charge in [0.1, 0.15) is 0 Å². The van der Waals surface area contributed by atoms with Crippen molar-refractivity contribution in [3.63, 3.8) is 0 Å². The monoisotopic (exact) mass is 607 g/mol. The molecule has 5 aromatic rings. The summed E-state index contributed by atoms with van der Waals surface area (Å²) >= 11 is 3.67. The van der Waals surface area contributed by atoms with Gasteiger partial charge in [-0.1, -0.05) is 90.4 Å². The van der Waals surface area contributed by atoms with Gasteiger partial charge in [-0.3, -0.25) is 4.79 Å². The summed E-state index contributed by atoms with van der Waals surface area (Å²) in [6.07, 6.45) is 4.48. The van der Waals surface area contributed by atoms with Gasteiger partial charge in [0.2, 0.25) is 5.91 Å². The molecular weight excluding hydrogens is 570 g/mol. The number of nitrogens with one attached hydrogen (secondary N) is 2. The lowest BCUT2D eigenvalue weighted by atomic mass is 9.89. The summed E-state index contributed by atoms with van der Waals surface area (Å²) in [7, 11) is 0. The molecule has 4 aromatic carbocycles. The molecule has 0 saturated carbocycles. The smallest absolute Gasteiger partial charge is 0.226 e. The van der Waals surface area contributed by atoms with Gasteiger partial charge in [-0.2, -0.15) is 0 Å². The molecule has 1 fully saturated rings. The van der Waals surface area contributed by atoms with E-state index < -0.39 is 0 Å². The van der Waals surface area contributed by atoms with Crippen LogP contribution in [0.25, 0.3) is 32.9 Å². The third kappa shape index (κ3) is 6.12. The standard InChI is InChI=1S/C36H38BrN3O/c1-24(2)36(41)38-30-12-6-9-27(23-30)25-17-20-40(21-18-25)19-7-14-32-33-16-15-26-8-3-4-13-31(26)35(33)39-34(32)28-10-5-11-29(37)22-28/h3-6,8-13,15-16,22-25,39H,7,14,17-21H2,1-2H3,(H,38,41). The van der Waals surface area contributed by atoms with Crippen LogP contribution in [-0.4, -0.2) is 35.4 Å². The van der Waals surface area contributed by atoms with Crippen LogP contribution in [0, 0.1) is 5.92 Å². The van der Waals surface area contributed by atoms with Crippen LogP contribution in [0.3, 0.4) is 0 Å². The highest BCUT2D eigenvalue weighted by Crippen LogP contribution is 2.36. The lowest BCUT2D eigenvalue weighted by molar-refractivity contribution is -0.118. The molecule has 0 atom stereocenters. The molecule has 6 rings (SSSR count). The molecule has 1 saturated heterocycles. The predicted octanol–water partition coefficient (Wildman–Crippen LogP) is 9.16. The second-order valence-electron chi connectivity index (χ2n) is 11.7. The number of hydrogen-bond donors (Lipinski definition) is 2. The molecule has 41 heavy (non-hydrogen) atoms. The summed E-state index contributed by atoms with van der Waals surface area (Å²) < 4.78 is 1.10. The SMILES string of the molecule is CC(C)C(=O)Nc1cccc(C2CCN(CCCc3c(-c4cccc(Br)c4)[nH]c4c3ccc3ccccc34)CC2)c1. The van der Waals surface area contributed by atoms with Crippen molar-refractivity contribution in [3.8, 4) is 11.3 Å². The molecule has 1 aromatic heterocycles. The summed E-state index contributed by atoms with van der Waals surface area (Å²) in [5.74, 6) is 0.603. The molecule has 4 nitrogen and oxygen atoms in total. The van der Waals surface area contributed by atoms with Crippen LogP contribution in [0.2, 0.25) is 0 Å². The van der Waals surface area contributed by atoms with E-state index in [0.29, 0.717) is 5.92 Å². The number of aromatic nitrogens is 1. The number of carbonyl (C=O) groups is 1. The molecule has 1 aliphatic heterocycles. The fourth-order valence-electron chi connectivity index (χ4n) is 6.27. The third-order valence-electron chi connectivity index (χ3n) is 8.56. The Balaban J connectivity index is 1.14. The van der Waals surface area contributed by atoms with Crippen LogP contribution in [-0.2, 0) is 11.2 Å². The number of fused-ring (bicyclic) bond motifs is 3. The van der Waals surface area contributed by atoms with E-state index in [1.807, 2.05) is 19.9 Å². The molecule has 0 bridgehead atoms. The number of hydrogen-bond acceptors (Lipinski definition) is 2. The first kappa shape index (κ1) is 27.7. The number of halogens is 1. The Labute approximate surface area is 251 Å². The van der Waals surface area contributed by atoms with E-state index >= 15 is 0 Å². The highest BCUT2D eigenvalue weighted by Gasteiger charge is 2.22. The molecule has 0 spiro atoms. The predicted molar refractivity (Wildman–Crippen MR) is 176 cm³/mol. The second kappa shape index (κ2) is 12.2. The van der Waals surface area contributed by atoms with Gasteiger partial charge >= 0.3 is 0 Å². The van der Waals surface area contributed by atoms with E-state index in [4.69, 9.17) is 0 Å². The minimum absolute atomic E-state index is 0.0175. The maximum Gasteiger partial charge on any atom is 0.226 e. The molecule has 5 heteroatoms. The number of benzene rings is 4. The molecule has 2 N–H and O–H groups in total. The lowest BCUT2D eigenvalue weighted by Gasteiger charge is -2.32. The van der Waals surface area contributed by atoms with Crippen LogP contribution < -0.4 is 5.32 Å². The first-order valence-corrected chi connectivity index (χ1v) is 15.7. The van der Waals surface area contributed by atoms with Gasteiger partial charge in [0, 0.05) is 32.5 Å². The maximum atomic E-state index is 12.2. The highest BCUT2D eigenvalue weighted by atomic mass is 79.9. The van der Waals surface area contributed by atoms with Crippen molar-refractivity contribution in [3.05, 3.63) is 101 Å². The summed E-state index contributed by atoms with van der Waals surface area (Å²) in [5.41, 5.74) is 7.37. The Morgan fingerprint density at radius 2 is 1.76 bits per heavy atom. The minimum atomic E-state index is -0.0175. The van der Waals surface area contributed by atoms with Crippen molar-refractivity contribution < 1.29 is 4.79 Å². The largest absolute Gasteiger partial charge is 0.354 e. The van der Waals surface area contributed by atoms with E-state index in [-0.39, 0.29) is 11.8 Å². The third-order valence-corrected chi connectivity index (χ3v) is 9.05. The summed E-state index contributed by atoms with van der Waals surface area (Å²) in [5, 5.41) is 6.94. The Hall–Kier alpha value is -3.41. The van der Waals surface area contributed by atoms with Crippen LogP contribution in [0.1, 0.15) is 50.2 Å². The van der Waals surface area contributed by atoms with Crippen molar-refractivity contribution in [2.24, 2.45) is 5.92 Å². The minimum Gasteiger partial charge on any atom is -0.354 e. The number of nitrogens with zero attached hydrogens (tertiary/aromatic N) is 1. The summed E-state index contributed by atoms with van der Waals surface area (Å²) in [6.45, 7) is 7.19. The number of rotatable bonds is 8. The summed E-state index contributed by atoms with van der Waals surface area (Å²) in [6, 6.07) is 30.3. The molecule has 1 amide bonds. The van der Waals surface area contributed by atoms with Crippen LogP contribution in [0.5, 0.6) is 0 Å². The number of likely N-dealkylation sites (tertiary alicyclic amines) is 1. The average Bonchev–Trinajstić information content (AvgIpc) is 3.37. The fourth-order valence-corrected chi connectivity index (χ4v) is 6.67. The van der Waals surface area contributed by atoms with E-state index in [1.54, 1.807) is 0 Å². The Kier molecular flexibility index (Phi) is 8.27. The molecule has 0 unspecified atom stereocenters. The van der Waals surface area contributed by atoms with Crippen LogP contribution in [0.15, 0.2) is 89.4 Å². The lowest BCUT2D eigenvalue weighted by Crippen LogP contribution is -2.33. The second-order valence-corrected chi connectivity index (χ2v) is 12.6. The van der Waals surface area contributed by atoms with Crippen molar-refractivity contribution in [2.45, 2.75) is 45.4 Å². The zero-order valence-corrected chi connectivity index (χ0v) is 25.5. The summed E-state index contributed by atoms with van der Waals surface area (Å²) in [4.78, 5) is 18.6. The maximum absolute atomic E-state index is 12.2. The van der Waals surface area contributed by atoms with Gasteiger partial charge in [-0.15, -0.1) is 0 Å². The number of aryl methyl sites for hydroxylation is 1. The normalized spacial score (nSPS) is 14.7. The Morgan fingerprint density at radius 1 is 0.951 bits per heavy atom. The van der Waals surface area contributed by atoms with Crippen molar-refractivity contribution in [1.82, 2.24) is 9.88 Å². The molecule has 1 aliphatic rings. The molecule has 0 radical (unpaired) electrons. The van der Waals surface area contributed by atoms with E-state index in [2.05, 4.69) is 110 Å². The van der Waals surface area contributed by atoms with E-state index in [1.165, 1.54) is 44.1 Å². The number of amides is 1. The van der Waals surface area contributed by atoms with Gasteiger partial charge in [-0.05, 0) is 97.6 Å².